The van der Waals surface area contributed by atoms with Gasteiger partial charge in [-0.05, 0) is 38.7 Å². The minimum Gasteiger partial charge on any atom is -0.352 e. The largest absolute Gasteiger partial charge is 0.435 e. The monoisotopic (exact) mass is 329 g/mol. The standard InChI is InChI=1S/C16H22F3N3O/c1-10(15(23)20-12-5-3-2-4-6-12)22-13(11-7-8-11)9-14(21-22)16(17,18)19/h9-12H,2-8H2,1H3,(H,20,23). The summed E-state index contributed by atoms with van der Waals surface area (Å²) in [5, 5.41) is 6.66. The average Bonchev–Trinajstić information content (AvgIpc) is 3.24. The number of aromatic nitrogens is 2. The maximum atomic E-state index is 12.9. The van der Waals surface area contributed by atoms with Crippen molar-refractivity contribution in [1.29, 1.82) is 0 Å². The maximum Gasteiger partial charge on any atom is 0.435 e. The van der Waals surface area contributed by atoms with Crippen molar-refractivity contribution in [2.24, 2.45) is 0 Å². The maximum absolute atomic E-state index is 12.9. The van der Waals surface area contributed by atoms with Crippen molar-refractivity contribution >= 4 is 5.91 Å². The number of hydrogen-bond acceptors (Lipinski definition) is 2. The Labute approximate surface area is 133 Å². The van der Waals surface area contributed by atoms with Crippen molar-refractivity contribution in [3.8, 4) is 0 Å². The molecule has 7 heteroatoms. The lowest BCUT2D eigenvalue weighted by atomic mass is 9.95. The van der Waals surface area contributed by atoms with E-state index < -0.39 is 17.9 Å². The van der Waals surface area contributed by atoms with Crippen molar-refractivity contribution in [2.75, 3.05) is 0 Å². The summed E-state index contributed by atoms with van der Waals surface area (Å²) in [6.45, 7) is 1.62. The van der Waals surface area contributed by atoms with Gasteiger partial charge in [0.15, 0.2) is 5.69 Å². The van der Waals surface area contributed by atoms with Gasteiger partial charge in [0.2, 0.25) is 5.91 Å². The Hall–Kier alpha value is -1.53. The van der Waals surface area contributed by atoms with Gasteiger partial charge in [-0.25, -0.2) is 0 Å². The molecule has 0 aliphatic heterocycles. The first-order chi connectivity index (χ1) is 10.9. The van der Waals surface area contributed by atoms with Crippen LogP contribution in [0.25, 0.3) is 0 Å². The molecule has 2 saturated carbocycles. The van der Waals surface area contributed by atoms with Gasteiger partial charge in [-0.15, -0.1) is 0 Å². The molecule has 1 heterocycles. The normalized spacial score (nSPS) is 21.2. The lowest BCUT2D eigenvalue weighted by molar-refractivity contribution is -0.142. The molecule has 1 unspecified atom stereocenters. The third-order valence-electron chi connectivity index (χ3n) is 4.75. The van der Waals surface area contributed by atoms with E-state index in [9.17, 15) is 18.0 Å². The molecule has 4 nitrogen and oxygen atoms in total. The molecule has 0 aromatic carbocycles. The van der Waals surface area contributed by atoms with Crippen LogP contribution in [0.1, 0.15) is 75.2 Å². The molecule has 1 aromatic heterocycles. The molecule has 2 fully saturated rings. The second kappa shape index (κ2) is 6.17. The Balaban J connectivity index is 1.76. The fourth-order valence-electron chi connectivity index (χ4n) is 3.22. The molecule has 23 heavy (non-hydrogen) atoms. The van der Waals surface area contributed by atoms with Crippen LogP contribution in [-0.4, -0.2) is 21.7 Å². The number of halogens is 3. The summed E-state index contributed by atoms with van der Waals surface area (Å²) < 4.78 is 40.1. The van der Waals surface area contributed by atoms with Gasteiger partial charge in [0.05, 0.1) is 0 Å². The molecule has 3 rings (SSSR count). The summed E-state index contributed by atoms with van der Waals surface area (Å²) in [6, 6.07) is 0.520. The minimum absolute atomic E-state index is 0.100. The van der Waals surface area contributed by atoms with Crippen LogP contribution in [0.3, 0.4) is 0 Å². The topological polar surface area (TPSA) is 46.9 Å². The van der Waals surface area contributed by atoms with Crippen molar-refractivity contribution < 1.29 is 18.0 Å². The summed E-state index contributed by atoms with van der Waals surface area (Å²) in [4.78, 5) is 12.4. The van der Waals surface area contributed by atoms with Gasteiger partial charge in [-0.2, -0.15) is 18.3 Å². The Bertz CT molecular complexity index is 572. The highest BCUT2D eigenvalue weighted by atomic mass is 19.4. The van der Waals surface area contributed by atoms with Crippen LogP contribution in [0.2, 0.25) is 0 Å². The molecule has 128 valence electrons. The Morgan fingerprint density at radius 3 is 2.48 bits per heavy atom. The van der Waals surface area contributed by atoms with E-state index in [1.165, 1.54) is 11.1 Å². The number of amides is 1. The van der Waals surface area contributed by atoms with E-state index in [0.29, 0.717) is 5.69 Å². The number of rotatable bonds is 4. The minimum atomic E-state index is -4.48. The van der Waals surface area contributed by atoms with E-state index in [0.717, 1.165) is 44.6 Å². The summed E-state index contributed by atoms with van der Waals surface area (Å²) in [7, 11) is 0. The first-order valence-electron chi connectivity index (χ1n) is 8.33. The number of hydrogen-bond donors (Lipinski definition) is 1. The molecule has 2 aliphatic rings. The molecule has 1 amide bonds. The van der Waals surface area contributed by atoms with Gasteiger partial charge < -0.3 is 5.32 Å². The van der Waals surface area contributed by atoms with E-state index in [2.05, 4.69) is 10.4 Å². The molecule has 1 atom stereocenters. The number of nitrogens with zero attached hydrogens (tertiary/aromatic N) is 2. The fourth-order valence-corrected chi connectivity index (χ4v) is 3.22. The van der Waals surface area contributed by atoms with Gasteiger partial charge in [0.1, 0.15) is 6.04 Å². The highest BCUT2D eigenvalue weighted by Gasteiger charge is 2.39. The molecule has 0 saturated heterocycles. The zero-order chi connectivity index (χ0) is 16.6. The lowest BCUT2D eigenvalue weighted by Gasteiger charge is -2.25. The van der Waals surface area contributed by atoms with E-state index >= 15 is 0 Å². The van der Waals surface area contributed by atoms with Crippen LogP contribution in [0.15, 0.2) is 6.07 Å². The van der Waals surface area contributed by atoms with Crippen LogP contribution in [0.5, 0.6) is 0 Å². The third kappa shape index (κ3) is 3.70. The average molecular weight is 329 g/mol. The fraction of sp³-hybridized carbons (Fsp3) is 0.750. The van der Waals surface area contributed by atoms with Crippen LogP contribution in [0, 0.1) is 0 Å². The van der Waals surface area contributed by atoms with Crippen molar-refractivity contribution in [1.82, 2.24) is 15.1 Å². The summed E-state index contributed by atoms with van der Waals surface area (Å²) in [5.74, 6) is -0.140. The van der Waals surface area contributed by atoms with Crippen molar-refractivity contribution in [2.45, 2.75) is 76.0 Å². The Kier molecular flexibility index (Phi) is 4.38. The predicted molar refractivity (Wildman–Crippen MR) is 78.9 cm³/mol. The zero-order valence-electron chi connectivity index (χ0n) is 13.2. The number of alkyl halides is 3. The summed E-state index contributed by atoms with van der Waals surface area (Å²) in [5.41, 5.74) is -0.375. The molecular weight excluding hydrogens is 307 g/mol. The van der Waals surface area contributed by atoms with Gasteiger partial charge in [-0.1, -0.05) is 19.3 Å². The van der Waals surface area contributed by atoms with Crippen LogP contribution in [-0.2, 0) is 11.0 Å². The predicted octanol–water partition coefficient (Wildman–Crippen LogP) is 3.79. The molecule has 2 aliphatic carbocycles. The number of carbonyl (C=O) groups excluding carboxylic acids is 1. The Morgan fingerprint density at radius 2 is 1.91 bits per heavy atom. The Morgan fingerprint density at radius 1 is 1.26 bits per heavy atom. The third-order valence-corrected chi connectivity index (χ3v) is 4.75. The van der Waals surface area contributed by atoms with E-state index in [1.54, 1.807) is 6.92 Å². The van der Waals surface area contributed by atoms with Crippen LogP contribution >= 0.6 is 0 Å². The van der Waals surface area contributed by atoms with E-state index in [1.807, 2.05) is 0 Å². The van der Waals surface area contributed by atoms with E-state index in [-0.39, 0.29) is 17.9 Å². The van der Waals surface area contributed by atoms with Gasteiger partial charge >= 0.3 is 6.18 Å². The van der Waals surface area contributed by atoms with Crippen LogP contribution < -0.4 is 5.32 Å². The first-order valence-corrected chi connectivity index (χ1v) is 8.33. The van der Waals surface area contributed by atoms with E-state index in [4.69, 9.17) is 0 Å². The number of carbonyl (C=O) groups is 1. The molecule has 1 aromatic rings. The van der Waals surface area contributed by atoms with Crippen molar-refractivity contribution in [3.63, 3.8) is 0 Å². The molecule has 1 N–H and O–H groups in total. The number of nitrogens with one attached hydrogen (secondary N) is 1. The summed E-state index contributed by atoms with van der Waals surface area (Å²) in [6.07, 6.45) is 2.50. The summed E-state index contributed by atoms with van der Waals surface area (Å²) >= 11 is 0. The zero-order valence-corrected chi connectivity index (χ0v) is 13.2. The first kappa shape index (κ1) is 16.3. The van der Waals surface area contributed by atoms with Crippen LogP contribution in [0.4, 0.5) is 13.2 Å². The molecular formula is C16H22F3N3O. The SMILES string of the molecule is CC(C(=O)NC1CCCCC1)n1nc(C(F)(F)F)cc1C1CC1. The molecule has 0 spiro atoms. The van der Waals surface area contributed by atoms with Gasteiger partial charge in [0, 0.05) is 17.7 Å². The highest BCUT2D eigenvalue weighted by molar-refractivity contribution is 5.80. The van der Waals surface area contributed by atoms with Gasteiger partial charge in [0.25, 0.3) is 0 Å². The highest BCUT2D eigenvalue weighted by Crippen LogP contribution is 2.43. The second-order valence-electron chi connectivity index (χ2n) is 6.69. The lowest BCUT2D eigenvalue weighted by Crippen LogP contribution is -2.40. The smallest absolute Gasteiger partial charge is 0.352 e. The second-order valence-corrected chi connectivity index (χ2v) is 6.69. The molecule has 0 bridgehead atoms. The molecule has 0 radical (unpaired) electrons. The van der Waals surface area contributed by atoms with Crippen molar-refractivity contribution in [3.05, 3.63) is 17.5 Å². The quantitative estimate of drug-likeness (QED) is 0.913. The van der Waals surface area contributed by atoms with Gasteiger partial charge in [-0.3, -0.25) is 9.48 Å².